The van der Waals surface area contributed by atoms with Gasteiger partial charge >= 0.3 is 0 Å². The number of fused-ring (bicyclic) bond motifs is 1. The van der Waals surface area contributed by atoms with Crippen molar-refractivity contribution in [3.05, 3.63) is 42.0 Å². The second-order valence-electron chi connectivity index (χ2n) is 9.11. The summed E-state index contributed by atoms with van der Waals surface area (Å²) >= 11 is 1.33. The number of thiazole rings is 1. The number of aromatic nitrogens is 1. The largest absolute Gasteiger partial charge is 0.495 e. The van der Waals surface area contributed by atoms with E-state index in [1.165, 1.54) is 54.1 Å². The Balaban J connectivity index is 1.66. The maximum absolute atomic E-state index is 13.9. The number of carbonyl (C=O) groups excluding carboxylic acids is 1. The molecule has 1 amide bonds. The lowest BCUT2D eigenvalue weighted by molar-refractivity contribution is 0.0917. The van der Waals surface area contributed by atoms with E-state index in [-0.39, 0.29) is 43.2 Å². The number of nitrogens with zero attached hydrogens (tertiary/aromatic N) is 3. The summed E-state index contributed by atoms with van der Waals surface area (Å²) in [6.07, 6.45) is 1.62. The first-order valence-corrected chi connectivity index (χ1v) is 15.1. The van der Waals surface area contributed by atoms with Gasteiger partial charge in [-0.3, -0.25) is 9.69 Å². The third kappa shape index (κ3) is 6.56. The first kappa shape index (κ1) is 30.2. The molecule has 0 bridgehead atoms. The number of sulfonamides is 1. The van der Waals surface area contributed by atoms with E-state index in [0.29, 0.717) is 40.9 Å². The van der Waals surface area contributed by atoms with Crippen molar-refractivity contribution in [2.24, 2.45) is 0 Å². The van der Waals surface area contributed by atoms with Gasteiger partial charge in [0.05, 0.1) is 45.0 Å². The molecule has 0 spiro atoms. The molecule has 0 aliphatic carbocycles. The molecule has 1 unspecified atom stereocenters. The monoisotopic (exact) mass is 593 g/mol. The number of rotatable bonds is 14. The highest BCUT2D eigenvalue weighted by molar-refractivity contribution is 7.89. The highest BCUT2D eigenvalue weighted by Crippen LogP contribution is 2.40. The van der Waals surface area contributed by atoms with Crippen LogP contribution in [0.3, 0.4) is 0 Å². The van der Waals surface area contributed by atoms with Gasteiger partial charge in [0.1, 0.15) is 21.7 Å². The molecule has 1 aromatic heterocycles. The minimum absolute atomic E-state index is 0.0800. The number of hydrogen-bond acceptors (Lipinski definition) is 10. The Hall–Kier alpha value is -2.81. The second-order valence-corrected chi connectivity index (χ2v) is 12.0. The van der Waals surface area contributed by atoms with Gasteiger partial charge < -0.3 is 23.7 Å². The number of methoxy groups -OCH3 is 4. The van der Waals surface area contributed by atoms with E-state index in [0.717, 1.165) is 17.5 Å². The maximum Gasteiger partial charge on any atom is 0.260 e. The van der Waals surface area contributed by atoms with Gasteiger partial charge in [0.2, 0.25) is 10.0 Å². The molecule has 2 heterocycles. The summed E-state index contributed by atoms with van der Waals surface area (Å²) in [5, 5.41) is 0.473. The molecular formula is C27H35N3O8S2. The van der Waals surface area contributed by atoms with Gasteiger partial charge in [-0.25, -0.2) is 13.4 Å². The molecule has 13 heteroatoms. The minimum atomic E-state index is -3.82. The van der Waals surface area contributed by atoms with Crippen molar-refractivity contribution in [2.75, 3.05) is 72.8 Å². The highest BCUT2D eigenvalue weighted by atomic mass is 32.2. The molecule has 4 rings (SSSR count). The molecule has 0 saturated carbocycles. The van der Waals surface area contributed by atoms with Crippen molar-refractivity contribution in [3.8, 4) is 11.5 Å². The first-order chi connectivity index (χ1) is 19.3. The molecule has 218 valence electrons. The third-order valence-corrected chi connectivity index (χ3v) is 9.62. The summed E-state index contributed by atoms with van der Waals surface area (Å²) in [4.78, 5) is 20.3. The molecule has 2 aromatic carbocycles. The van der Waals surface area contributed by atoms with Gasteiger partial charge in [-0.15, -0.1) is 0 Å². The SMILES string of the molecule is COCCN(CCOC)S(=O)(=O)c1ccc(C(=O)N(CC2CCCO2)c2nc3c(OC)ccc(OC)c3s2)cc1. The molecule has 1 saturated heterocycles. The zero-order valence-corrected chi connectivity index (χ0v) is 24.8. The van der Waals surface area contributed by atoms with Crippen LogP contribution in [0.15, 0.2) is 41.3 Å². The Morgan fingerprint density at radius 1 is 1.00 bits per heavy atom. The van der Waals surface area contributed by atoms with Crippen LogP contribution in [-0.2, 0) is 24.2 Å². The predicted molar refractivity (Wildman–Crippen MR) is 152 cm³/mol. The molecule has 11 nitrogen and oxygen atoms in total. The highest BCUT2D eigenvalue weighted by Gasteiger charge is 2.29. The predicted octanol–water partition coefficient (Wildman–Crippen LogP) is 3.42. The Bertz CT molecular complexity index is 1340. The number of hydrogen-bond donors (Lipinski definition) is 0. The normalized spacial score (nSPS) is 15.6. The Morgan fingerprint density at radius 3 is 2.23 bits per heavy atom. The van der Waals surface area contributed by atoms with Gasteiger partial charge in [0, 0.05) is 39.5 Å². The molecular weight excluding hydrogens is 558 g/mol. The summed E-state index contributed by atoms with van der Waals surface area (Å²) in [6.45, 7) is 1.81. The standard InChI is InChI=1S/C27H35N3O8S2/c1-34-16-13-29(14-17-35-2)40(32,33)21-9-7-19(8-10-21)26(31)30(18-20-6-5-15-38-20)27-28-24-22(36-3)11-12-23(37-4)25(24)39-27/h7-12,20H,5-6,13-18H2,1-4H3. The number of anilines is 1. The summed E-state index contributed by atoms with van der Waals surface area (Å²) in [5.74, 6) is 0.890. The molecule has 40 heavy (non-hydrogen) atoms. The van der Waals surface area contributed by atoms with Gasteiger partial charge in [-0.05, 0) is 49.2 Å². The lowest BCUT2D eigenvalue weighted by atomic mass is 10.2. The van der Waals surface area contributed by atoms with Crippen molar-refractivity contribution in [1.29, 1.82) is 0 Å². The average Bonchev–Trinajstić information content (AvgIpc) is 3.65. The lowest BCUT2D eigenvalue weighted by Crippen LogP contribution is -2.38. The van der Waals surface area contributed by atoms with Crippen LogP contribution < -0.4 is 14.4 Å². The zero-order valence-electron chi connectivity index (χ0n) is 23.1. The van der Waals surface area contributed by atoms with E-state index in [2.05, 4.69) is 0 Å². The Kier molecular flexibility index (Phi) is 10.3. The second kappa shape index (κ2) is 13.7. The van der Waals surface area contributed by atoms with Crippen molar-refractivity contribution in [2.45, 2.75) is 23.8 Å². The summed E-state index contributed by atoms with van der Waals surface area (Å²) < 4.78 is 55.7. The minimum Gasteiger partial charge on any atom is -0.495 e. The fraction of sp³-hybridized carbons (Fsp3) is 0.481. The molecule has 0 radical (unpaired) electrons. The van der Waals surface area contributed by atoms with Crippen molar-refractivity contribution in [3.63, 3.8) is 0 Å². The zero-order chi connectivity index (χ0) is 28.7. The quantitative estimate of drug-likeness (QED) is 0.277. The third-order valence-electron chi connectivity index (χ3n) is 6.61. The van der Waals surface area contributed by atoms with E-state index in [9.17, 15) is 13.2 Å². The summed E-state index contributed by atoms with van der Waals surface area (Å²) in [7, 11) is 2.36. The Labute approximate surface area is 238 Å². The van der Waals surface area contributed by atoms with E-state index in [1.54, 1.807) is 31.3 Å². The van der Waals surface area contributed by atoms with Crippen molar-refractivity contribution < 1.29 is 36.9 Å². The number of ether oxygens (including phenoxy) is 5. The number of amides is 1. The van der Waals surface area contributed by atoms with Crippen LogP contribution in [0.25, 0.3) is 10.2 Å². The van der Waals surface area contributed by atoms with Crippen LogP contribution in [0.4, 0.5) is 5.13 Å². The fourth-order valence-corrected chi connectivity index (χ4v) is 6.93. The van der Waals surface area contributed by atoms with E-state index in [1.807, 2.05) is 0 Å². The number of benzene rings is 2. The number of carbonyl (C=O) groups is 1. The van der Waals surface area contributed by atoms with Crippen LogP contribution in [0.2, 0.25) is 0 Å². The van der Waals surface area contributed by atoms with Gasteiger partial charge in [0.15, 0.2) is 5.13 Å². The molecule has 1 atom stereocenters. The summed E-state index contributed by atoms with van der Waals surface area (Å²) in [5.41, 5.74) is 0.927. The maximum atomic E-state index is 13.9. The van der Waals surface area contributed by atoms with Crippen LogP contribution in [0.1, 0.15) is 23.2 Å². The Morgan fingerprint density at radius 2 is 1.65 bits per heavy atom. The smallest absolute Gasteiger partial charge is 0.260 e. The van der Waals surface area contributed by atoms with E-state index >= 15 is 0 Å². The first-order valence-electron chi connectivity index (χ1n) is 12.9. The molecule has 0 N–H and O–H groups in total. The molecule has 1 fully saturated rings. The topological polar surface area (TPSA) is 117 Å². The average molecular weight is 594 g/mol. The molecule has 3 aromatic rings. The molecule has 1 aliphatic rings. The molecule has 1 aliphatic heterocycles. The van der Waals surface area contributed by atoms with Crippen LogP contribution in [0, 0.1) is 0 Å². The fourth-order valence-electron chi connectivity index (χ4n) is 4.44. The van der Waals surface area contributed by atoms with Gasteiger partial charge in [-0.2, -0.15) is 4.31 Å². The van der Waals surface area contributed by atoms with Gasteiger partial charge in [0.25, 0.3) is 5.91 Å². The van der Waals surface area contributed by atoms with Gasteiger partial charge in [-0.1, -0.05) is 11.3 Å². The van der Waals surface area contributed by atoms with Crippen LogP contribution in [0.5, 0.6) is 11.5 Å². The lowest BCUT2D eigenvalue weighted by Gasteiger charge is -2.24. The summed E-state index contributed by atoms with van der Waals surface area (Å²) in [6, 6.07) is 9.53. The van der Waals surface area contributed by atoms with Crippen LogP contribution in [-0.4, -0.2) is 97.6 Å². The van der Waals surface area contributed by atoms with Crippen LogP contribution >= 0.6 is 11.3 Å². The van der Waals surface area contributed by atoms with E-state index in [4.69, 9.17) is 28.7 Å². The van der Waals surface area contributed by atoms with Crippen molar-refractivity contribution >= 4 is 42.6 Å². The van der Waals surface area contributed by atoms with E-state index < -0.39 is 10.0 Å². The van der Waals surface area contributed by atoms with Crippen molar-refractivity contribution in [1.82, 2.24) is 9.29 Å².